The molecule has 0 aliphatic heterocycles. The maximum Gasteiger partial charge on any atom is 0.165 e. The maximum atomic E-state index is 13.6. The van der Waals surface area contributed by atoms with Crippen molar-refractivity contribution in [3.05, 3.63) is 71.8 Å². The van der Waals surface area contributed by atoms with Gasteiger partial charge in [0.15, 0.2) is 5.82 Å². The van der Waals surface area contributed by atoms with Crippen molar-refractivity contribution in [2.75, 3.05) is 30.9 Å². The SMILES string of the molecule is CN(C)c1cc(NCCC2=CCc3ccccc32)nc(-c2cncc(F)c2)n1. The van der Waals surface area contributed by atoms with E-state index in [9.17, 15) is 4.39 Å². The van der Waals surface area contributed by atoms with Crippen molar-refractivity contribution in [2.45, 2.75) is 12.8 Å². The van der Waals surface area contributed by atoms with E-state index in [2.05, 4.69) is 50.6 Å². The van der Waals surface area contributed by atoms with Gasteiger partial charge in [-0.15, -0.1) is 0 Å². The van der Waals surface area contributed by atoms with Crippen LogP contribution in [-0.2, 0) is 6.42 Å². The fraction of sp³-hybridized carbons (Fsp3) is 0.227. The summed E-state index contributed by atoms with van der Waals surface area (Å²) in [5.74, 6) is 1.51. The van der Waals surface area contributed by atoms with Gasteiger partial charge >= 0.3 is 0 Å². The first kappa shape index (κ1) is 18.1. The zero-order chi connectivity index (χ0) is 19.5. The van der Waals surface area contributed by atoms with Crippen LogP contribution in [-0.4, -0.2) is 35.6 Å². The van der Waals surface area contributed by atoms with E-state index < -0.39 is 5.82 Å². The van der Waals surface area contributed by atoms with Crippen molar-refractivity contribution in [3.63, 3.8) is 0 Å². The lowest BCUT2D eigenvalue weighted by Crippen LogP contribution is -2.13. The Hall–Kier alpha value is -3.28. The molecular weight excluding hydrogens is 353 g/mol. The summed E-state index contributed by atoms with van der Waals surface area (Å²) >= 11 is 0. The number of hydrogen-bond acceptors (Lipinski definition) is 5. The van der Waals surface area contributed by atoms with Crippen LogP contribution in [0, 0.1) is 5.82 Å². The van der Waals surface area contributed by atoms with Crippen LogP contribution in [0.25, 0.3) is 17.0 Å². The van der Waals surface area contributed by atoms with E-state index in [0.717, 1.165) is 25.2 Å². The molecule has 6 heteroatoms. The number of nitrogens with zero attached hydrogens (tertiary/aromatic N) is 4. The Bertz CT molecular complexity index is 1030. The van der Waals surface area contributed by atoms with Gasteiger partial charge in [-0.3, -0.25) is 4.98 Å². The normalized spacial score (nSPS) is 12.5. The van der Waals surface area contributed by atoms with E-state index in [4.69, 9.17) is 0 Å². The zero-order valence-corrected chi connectivity index (χ0v) is 16.0. The average molecular weight is 375 g/mol. The molecule has 28 heavy (non-hydrogen) atoms. The molecule has 0 saturated heterocycles. The fourth-order valence-corrected chi connectivity index (χ4v) is 3.33. The van der Waals surface area contributed by atoms with Crippen molar-refractivity contribution >= 4 is 17.2 Å². The Morgan fingerprint density at radius 3 is 2.79 bits per heavy atom. The van der Waals surface area contributed by atoms with E-state index in [1.165, 1.54) is 29.0 Å². The van der Waals surface area contributed by atoms with Crippen LogP contribution in [0.2, 0.25) is 0 Å². The fourth-order valence-electron chi connectivity index (χ4n) is 3.33. The van der Waals surface area contributed by atoms with E-state index in [1.54, 1.807) is 6.20 Å². The van der Waals surface area contributed by atoms with Crippen molar-refractivity contribution in [2.24, 2.45) is 0 Å². The highest BCUT2D eigenvalue weighted by atomic mass is 19.1. The number of benzene rings is 1. The number of nitrogens with one attached hydrogen (secondary N) is 1. The molecule has 0 saturated carbocycles. The quantitative estimate of drug-likeness (QED) is 0.700. The molecule has 0 unspecified atom stereocenters. The zero-order valence-electron chi connectivity index (χ0n) is 16.0. The monoisotopic (exact) mass is 375 g/mol. The second kappa shape index (κ2) is 7.76. The number of fused-ring (bicyclic) bond motifs is 1. The van der Waals surface area contributed by atoms with Crippen LogP contribution in [0.4, 0.5) is 16.0 Å². The molecule has 0 atom stereocenters. The molecule has 2 heterocycles. The third-order valence-electron chi connectivity index (χ3n) is 4.77. The highest BCUT2D eigenvalue weighted by Gasteiger charge is 2.13. The minimum atomic E-state index is -0.405. The third kappa shape index (κ3) is 3.86. The minimum absolute atomic E-state index is 0.405. The molecule has 1 aliphatic rings. The molecule has 5 nitrogen and oxygen atoms in total. The number of anilines is 2. The summed E-state index contributed by atoms with van der Waals surface area (Å²) in [5, 5.41) is 3.39. The van der Waals surface area contributed by atoms with Gasteiger partial charge in [-0.2, -0.15) is 0 Å². The van der Waals surface area contributed by atoms with Gasteiger partial charge in [-0.1, -0.05) is 30.3 Å². The van der Waals surface area contributed by atoms with Gasteiger partial charge in [0.05, 0.1) is 6.20 Å². The van der Waals surface area contributed by atoms with Crippen LogP contribution >= 0.6 is 0 Å². The molecule has 142 valence electrons. The Labute approximate surface area is 164 Å². The number of halogens is 1. The molecule has 1 aliphatic carbocycles. The number of pyridine rings is 1. The van der Waals surface area contributed by atoms with E-state index in [-0.39, 0.29) is 0 Å². The summed E-state index contributed by atoms with van der Waals surface area (Å²) in [7, 11) is 3.83. The Morgan fingerprint density at radius 2 is 1.96 bits per heavy atom. The van der Waals surface area contributed by atoms with Gasteiger partial charge in [0.1, 0.15) is 17.5 Å². The van der Waals surface area contributed by atoms with Gasteiger partial charge in [0.2, 0.25) is 0 Å². The summed E-state index contributed by atoms with van der Waals surface area (Å²) < 4.78 is 13.6. The van der Waals surface area contributed by atoms with Gasteiger partial charge in [-0.05, 0) is 35.6 Å². The maximum absolute atomic E-state index is 13.6. The first-order valence-electron chi connectivity index (χ1n) is 9.28. The van der Waals surface area contributed by atoms with Crippen LogP contribution in [0.15, 0.2) is 54.9 Å². The lowest BCUT2D eigenvalue weighted by molar-refractivity contribution is 0.622. The standard InChI is InChI=1S/C22H22FN5/c1-28(2)21-12-20(26-22(27-21)17-11-18(23)14-24-13-17)25-10-9-16-8-7-15-5-3-4-6-19(15)16/h3-6,8,11-14H,7,9-10H2,1-2H3,(H,25,26,27). The van der Waals surface area contributed by atoms with Gasteiger partial charge in [0, 0.05) is 38.5 Å². The summed E-state index contributed by atoms with van der Waals surface area (Å²) in [6, 6.07) is 11.8. The second-order valence-electron chi connectivity index (χ2n) is 6.99. The molecule has 1 aromatic carbocycles. The average Bonchev–Trinajstić information content (AvgIpc) is 3.11. The molecule has 1 N–H and O–H groups in total. The number of aromatic nitrogens is 3. The van der Waals surface area contributed by atoms with Gasteiger partial charge in [-0.25, -0.2) is 14.4 Å². The number of allylic oxidation sites excluding steroid dienone is 1. The molecule has 0 spiro atoms. The Morgan fingerprint density at radius 1 is 1.11 bits per heavy atom. The molecule has 3 aromatic rings. The van der Waals surface area contributed by atoms with E-state index in [0.29, 0.717) is 17.2 Å². The number of rotatable bonds is 6. The minimum Gasteiger partial charge on any atom is -0.370 e. The predicted octanol–water partition coefficient (Wildman–Crippen LogP) is 4.19. The van der Waals surface area contributed by atoms with Crippen LogP contribution in [0.5, 0.6) is 0 Å². The lowest BCUT2D eigenvalue weighted by atomic mass is 10.0. The van der Waals surface area contributed by atoms with Crippen LogP contribution < -0.4 is 10.2 Å². The molecule has 2 aromatic heterocycles. The van der Waals surface area contributed by atoms with Crippen molar-refractivity contribution in [1.82, 2.24) is 15.0 Å². The smallest absolute Gasteiger partial charge is 0.165 e. The highest BCUT2D eigenvalue weighted by molar-refractivity contribution is 5.73. The summed E-state index contributed by atoms with van der Waals surface area (Å²) in [6.07, 6.45) is 6.95. The van der Waals surface area contributed by atoms with E-state index >= 15 is 0 Å². The van der Waals surface area contributed by atoms with Gasteiger partial charge < -0.3 is 10.2 Å². The largest absolute Gasteiger partial charge is 0.370 e. The Kier molecular flexibility index (Phi) is 5.02. The molecule has 0 radical (unpaired) electrons. The Balaban J connectivity index is 1.51. The van der Waals surface area contributed by atoms with Crippen molar-refractivity contribution < 1.29 is 4.39 Å². The summed E-state index contributed by atoms with van der Waals surface area (Å²) in [5.41, 5.74) is 4.64. The number of hydrogen-bond donors (Lipinski definition) is 1. The van der Waals surface area contributed by atoms with Crippen molar-refractivity contribution in [3.8, 4) is 11.4 Å². The van der Waals surface area contributed by atoms with Crippen molar-refractivity contribution in [1.29, 1.82) is 0 Å². The van der Waals surface area contributed by atoms with Crippen LogP contribution in [0.1, 0.15) is 17.5 Å². The molecule has 0 bridgehead atoms. The topological polar surface area (TPSA) is 53.9 Å². The first-order chi connectivity index (χ1) is 13.6. The molecule has 4 rings (SSSR count). The molecule has 0 fully saturated rings. The van der Waals surface area contributed by atoms with Gasteiger partial charge in [0.25, 0.3) is 0 Å². The van der Waals surface area contributed by atoms with E-state index in [1.807, 2.05) is 25.1 Å². The summed E-state index contributed by atoms with van der Waals surface area (Å²) in [4.78, 5) is 14.9. The lowest BCUT2D eigenvalue weighted by Gasteiger charge is -2.15. The van der Waals surface area contributed by atoms with Crippen LogP contribution in [0.3, 0.4) is 0 Å². The second-order valence-corrected chi connectivity index (χ2v) is 6.99. The molecule has 0 amide bonds. The predicted molar refractivity (Wildman–Crippen MR) is 111 cm³/mol. The molecular formula is C22H22FN5. The third-order valence-corrected chi connectivity index (χ3v) is 4.77. The highest BCUT2D eigenvalue weighted by Crippen LogP contribution is 2.29. The first-order valence-corrected chi connectivity index (χ1v) is 9.28. The summed E-state index contributed by atoms with van der Waals surface area (Å²) in [6.45, 7) is 0.755.